The Labute approximate surface area is 128 Å². The van der Waals surface area contributed by atoms with Crippen molar-refractivity contribution in [2.24, 2.45) is 5.73 Å². The van der Waals surface area contributed by atoms with Crippen molar-refractivity contribution in [3.63, 3.8) is 0 Å². The second-order valence-corrected chi connectivity index (χ2v) is 5.73. The predicted molar refractivity (Wildman–Crippen MR) is 89.2 cm³/mol. The summed E-state index contributed by atoms with van der Waals surface area (Å²) in [7, 11) is 1.72. The number of likely N-dealkylation sites (tertiary alicyclic amines) is 1. The third-order valence-corrected chi connectivity index (χ3v) is 4.15. The molecule has 0 saturated carbocycles. The molecule has 118 valence electrons. The van der Waals surface area contributed by atoms with Crippen LogP contribution < -0.4 is 15.4 Å². The number of hydrogen-bond donors (Lipinski definition) is 1. The van der Waals surface area contributed by atoms with Crippen molar-refractivity contribution < 1.29 is 4.74 Å². The molecule has 4 nitrogen and oxygen atoms in total. The van der Waals surface area contributed by atoms with Crippen LogP contribution in [0.15, 0.2) is 24.3 Å². The summed E-state index contributed by atoms with van der Waals surface area (Å²) >= 11 is 0. The average molecular weight is 291 g/mol. The number of anilines is 1. The topological polar surface area (TPSA) is 41.7 Å². The monoisotopic (exact) mass is 291 g/mol. The van der Waals surface area contributed by atoms with E-state index in [1.54, 1.807) is 7.11 Å². The second kappa shape index (κ2) is 8.90. The third kappa shape index (κ3) is 5.21. The Kier molecular flexibility index (Phi) is 6.83. The van der Waals surface area contributed by atoms with Gasteiger partial charge in [-0.1, -0.05) is 6.07 Å². The van der Waals surface area contributed by atoms with Crippen molar-refractivity contribution in [2.45, 2.75) is 25.7 Å². The van der Waals surface area contributed by atoms with Gasteiger partial charge in [-0.05, 0) is 64.0 Å². The van der Waals surface area contributed by atoms with Gasteiger partial charge in [0.1, 0.15) is 5.75 Å². The van der Waals surface area contributed by atoms with Gasteiger partial charge >= 0.3 is 0 Å². The van der Waals surface area contributed by atoms with Gasteiger partial charge in [-0.3, -0.25) is 0 Å². The van der Waals surface area contributed by atoms with E-state index in [1.807, 2.05) is 6.07 Å². The van der Waals surface area contributed by atoms with E-state index in [9.17, 15) is 0 Å². The fourth-order valence-electron chi connectivity index (χ4n) is 2.95. The fourth-order valence-corrected chi connectivity index (χ4v) is 2.95. The van der Waals surface area contributed by atoms with Crippen molar-refractivity contribution in [1.29, 1.82) is 0 Å². The Hall–Kier alpha value is -1.26. The molecule has 1 aliphatic heterocycles. The number of nitrogens with zero attached hydrogens (tertiary/aromatic N) is 2. The van der Waals surface area contributed by atoms with Gasteiger partial charge < -0.3 is 20.3 Å². The molecule has 1 aliphatic rings. The van der Waals surface area contributed by atoms with Crippen molar-refractivity contribution in [3.05, 3.63) is 24.3 Å². The third-order valence-electron chi connectivity index (χ3n) is 4.15. The molecule has 1 fully saturated rings. The smallest absolute Gasteiger partial charge is 0.120 e. The van der Waals surface area contributed by atoms with Gasteiger partial charge in [0.15, 0.2) is 0 Å². The number of benzene rings is 1. The summed E-state index contributed by atoms with van der Waals surface area (Å²) in [4.78, 5) is 5.01. The van der Waals surface area contributed by atoms with E-state index in [0.717, 1.165) is 31.8 Å². The maximum Gasteiger partial charge on any atom is 0.120 e. The van der Waals surface area contributed by atoms with Crippen molar-refractivity contribution in [2.75, 3.05) is 51.3 Å². The molecule has 0 bridgehead atoms. The summed E-state index contributed by atoms with van der Waals surface area (Å²) in [6.07, 6.45) is 4.97. The molecule has 0 aromatic heterocycles. The van der Waals surface area contributed by atoms with E-state index in [0.29, 0.717) is 0 Å². The number of rotatable bonds is 9. The van der Waals surface area contributed by atoms with Crippen LogP contribution >= 0.6 is 0 Å². The van der Waals surface area contributed by atoms with Gasteiger partial charge in [-0.15, -0.1) is 0 Å². The Morgan fingerprint density at radius 2 is 1.95 bits per heavy atom. The first-order valence-corrected chi connectivity index (χ1v) is 8.15. The first-order chi connectivity index (χ1) is 10.3. The molecule has 0 spiro atoms. The summed E-state index contributed by atoms with van der Waals surface area (Å²) in [6.45, 7) is 6.62. The number of methoxy groups -OCH3 is 1. The molecule has 21 heavy (non-hydrogen) atoms. The summed E-state index contributed by atoms with van der Waals surface area (Å²) < 4.78 is 5.34. The lowest BCUT2D eigenvalue weighted by atomic mass is 10.2. The number of hydrogen-bond acceptors (Lipinski definition) is 4. The fraction of sp³-hybridized carbons (Fsp3) is 0.647. The van der Waals surface area contributed by atoms with Crippen LogP contribution in [0.5, 0.6) is 5.75 Å². The van der Waals surface area contributed by atoms with Gasteiger partial charge in [0.25, 0.3) is 0 Å². The molecule has 2 rings (SSSR count). The van der Waals surface area contributed by atoms with Crippen LogP contribution in [0.3, 0.4) is 0 Å². The van der Waals surface area contributed by atoms with E-state index in [1.165, 1.54) is 44.6 Å². The molecular weight excluding hydrogens is 262 g/mol. The summed E-state index contributed by atoms with van der Waals surface area (Å²) in [5.41, 5.74) is 6.92. The molecule has 2 N–H and O–H groups in total. The van der Waals surface area contributed by atoms with Gasteiger partial charge in [0, 0.05) is 24.8 Å². The van der Waals surface area contributed by atoms with Crippen LogP contribution in [-0.4, -0.2) is 51.3 Å². The minimum absolute atomic E-state index is 0.743. The van der Waals surface area contributed by atoms with Crippen LogP contribution in [0.1, 0.15) is 25.7 Å². The Morgan fingerprint density at radius 3 is 2.67 bits per heavy atom. The molecule has 0 amide bonds. The minimum Gasteiger partial charge on any atom is -0.497 e. The summed E-state index contributed by atoms with van der Waals surface area (Å²) in [5.74, 6) is 0.921. The molecule has 0 aliphatic carbocycles. The normalized spacial score (nSPS) is 15.3. The molecule has 1 aromatic rings. The summed E-state index contributed by atoms with van der Waals surface area (Å²) in [5, 5.41) is 0. The molecule has 1 heterocycles. The van der Waals surface area contributed by atoms with E-state index >= 15 is 0 Å². The maximum atomic E-state index is 5.68. The van der Waals surface area contributed by atoms with Crippen molar-refractivity contribution >= 4 is 5.69 Å². The van der Waals surface area contributed by atoms with E-state index in [4.69, 9.17) is 10.5 Å². The molecule has 0 radical (unpaired) electrons. The van der Waals surface area contributed by atoms with Crippen molar-refractivity contribution in [3.8, 4) is 5.75 Å². The predicted octanol–water partition coefficient (Wildman–Crippen LogP) is 2.34. The van der Waals surface area contributed by atoms with E-state index in [-0.39, 0.29) is 0 Å². The maximum absolute atomic E-state index is 5.68. The second-order valence-electron chi connectivity index (χ2n) is 5.73. The first kappa shape index (κ1) is 16.1. The lowest BCUT2D eigenvalue weighted by molar-refractivity contribution is 0.334. The average Bonchev–Trinajstić information content (AvgIpc) is 3.04. The van der Waals surface area contributed by atoms with Gasteiger partial charge in [-0.2, -0.15) is 0 Å². The first-order valence-electron chi connectivity index (χ1n) is 8.15. The molecule has 1 saturated heterocycles. The zero-order chi connectivity index (χ0) is 14.9. The lowest BCUT2D eigenvalue weighted by Crippen LogP contribution is -2.30. The highest BCUT2D eigenvalue weighted by Crippen LogP contribution is 2.21. The Bertz CT molecular complexity index is 405. The number of ether oxygens (including phenoxy) is 1. The highest BCUT2D eigenvalue weighted by molar-refractivity contribution is 5.50. The van der Waals surface area contributed by atoms with Crippen molar-refractivity contribution in [1.82, 2.24) is 4.90 Å². The lowest BCUT2D eigenvalue weighted by Gasteiger charge is -2.26. The zero-order valence-corrected chi connectivity index (χ0v) is 13.3. The van der Waals surface area contributed by atoms with Gasteiger partial charge in [-0.25, -0.2) is 0 Å². The van der Waals surface area contributed by atoms with E-state index in [2.05, 4.69) is 28.0 Å². The van der Waals surface area contributed by atoms with Crippen LogP contribution in [0.2, 0.25) is 0 Å². The zero-order valence-electron chi connectivity index (χ0n) is 13.3. The SMILES string of the molecule is COc1cccc(N(CCCN)CCCN2CCCC2)c1. The van der Waals surface area contributed by atoms with Crippen LogP contribution in [0.4, 0.5) is 5.69 Å². The molecule has 4 heteroatoms. The van der Waals surface area contributed by atoms with Crippen LogP contribution in [-0.2, 0) is 0 Å². The number of nitrogens with two attached hydrogens (primary N) is 1. The molecule has 0 atom stereocenters. The Balaban J connectivity index is 1.89. The molecule has 1 aromatic carbocycles. The van der Waals surface area contributed by atoms with Crippen LogP contribution in [0.25, 0.3) is 0 Å². The van der Waals surface area contributed by atoms with Crippen LogP contribution in [0, 0.1) is 0 Å². The standard InChI is InChI=1S/C17H29N3O/c1-21-17-8-4-7-16(15-17)20(13-5-9-18)14-6-12-19-10-2-3-11-19/h4,7-8,15H,2-3,5-6,9-14,18H2,1H3. The van der Waals surface area contributed by atoms with E-state index < -0.39 is 0 Å². The highest BCUT2D eigenvalue weighted by Gasteiger charge is 2.12. The highest BCUT2D eigenvalue weighted by atomic mass is 16.5. The Morgan fingerprint density at radius 1 is 1.19 bits per heavy atom. The summed E-state index contributed by atoms with van der Waals surface area (Å²) in [6, 6.07) is 8.33. The largest absolute Gasteiger partial charge is 0.497 e. The van der Waals surface area contributed by atoms with Gasteiger partial charge in [0.2, 0.25) is 0 Å². The molecule has 0 unspecified atom stereocenters. The quantitative estimate of drug-likeness (QED) is 0.758. The minimum atomic E-state index is 0.743. The van der Waals surface area contributed by atoms with Gasteiger partial charge in [0.05, 0.1) is 7.11 Å². The molecular formula is C17H29N3O.